The summed E-state index contributed by atoms with van der Waals surface area (Å²) >= 11 is 5.73. The first-order valence-electron chi connectivity index (χ1n) is 39.8. The molecule has 7 amide bonds. The number of carbonyl (C=O) groups is 13. The van der Waals surface area contributed by atoms with Gasteiger partial charge in [0.1, 0.15) is 11.8 Å². The van der Waals surface area contributed by atoms with Crippen LogP contribution in [-0.2, 0) is 104 Å². The number of benzene rings is 3. The third-order valence-electron chi connectivity index (χ3n) is 21.0. The zero-order valence-electron chi connectivity index (χ0n) is 66.7. The van der Waals surface area contributed by atoms with Crippen LogP contribution in [0.4, 0.5) is 0 Å². The van der Waals surface area contributed by atoms with Crippen LogP contribution < -0.4 is 38.1 Å². The molecule has 622 valence electrons. The van der Waals surface area contributed by atoms with Crippen LogP contribution in [0, 0.1) is 41.4 Å². The average molecular weight is 1610 g/mol. The van der Waals surface area contributed by atoms with Crippen molar-refractivity contribution in [3.05, 3.63) is 144 Å². The van der Waals surface area contributed by atoms with E-state index in [1.807, 2.05) is 49.4 Å². The molecule has 0 saturated heterocycles. The highest BCUT2D eigenvalue weighted by Gasteiger charge is 2.39. The van der Waals surface area contributed by atoms with Crippen molar-refractivity contribution >= 4 is 109 Å². The first kappa shape index (κ1) is 91.8. The Labute approximate surface area is 675 Å². The van der Waals surface area contributed by atoms with E-state index >= 15 is 9.59 Å². The van der Waals surface area contributed by atoms with Crippen molar-refractivity contribution in [3.63, 3.8) is 0 Å². The smallest absolute Gasteiger partial charge is 0.224 e. The number of aromatic amines is 4. The summed E-state index contributed by atoms with van der Waals surface area (Å²) in [5.74, 6) is -14.9. The largest absolute Gasteiger partial charge is 0.391 e. The Morgan fingerprint density at radius 1 is 0.478 bits per heavy atom. The fourth-order valence-electron chi connectivity index (χ4n) is 14.1. The van der Waals surface area contributed by atoms with E-state index in [1.165, 1.54) is 38.9 Å². The lowest BCUT2D eigenvalue weighted by Gasteiger charge is -2.28. The molecule has 0 spiro atoms. The Balaban J connectivity index is 1.02. The van der Waals surface area contributed by atoms with Crippen molar-refractivity contribution in [1.82, 2.24) is 56.5 Å². The summed E-state index contributed by atoms with van der Waals surface area (Å²) in [5.41, 5.74) is 16.0. The van der Waals surface area contributed by atoms with Crippen LogP contribution in [0.3, 0.4) is 0 Å². The number of ether oxygens (including phenoxy) is 2. The molecule has 0 aliphatic carbocycles. The van der Waals surface area contributed by atoms with Gasteiger partial charge < -0.3 is 72.6 Å². The SMILES string of the molecule is CC[C@H](C)C(CC(=O)[C@H](Cc1cnc[nH]1)NC(=O)[C@@H](CC(=O)C(NC(=O)[C@H](C)CC(=O)[C@H](CC(N)=O)NC(=O)[C@@H](CC(=O)[C@H](NC(=O)CCC(=O)CCCOCCOCCCCCCCl)C(C)C)Cc1c[nH]c2ccccc12)[C@@H](C)O)Cc1ccccc1)C(=O)N[C@@H](Cc1c[nH]c2ccccc12)C(=O)C[C@@H](Cc1cnc[nH]1)C(N)=O. The van der Waals surface area contributed by atoms with Crippen LogP contribution in [0.1, 0.15) is 166 Å². The molecule has 0 bridgehead atoms. The van der Waals surface area contributed by atoms with E-state index in [9.17, 15) is 57.8 Å². The first-order valence-corrected chi connectivity index (χ1v) is 40.4. The lowest BCUT2D eigenvalue weighted by Crippen LogP contribution is -2.52. The van der Waals surface area contributed by atoms with Crippen LogP contribution in [-0.4, -0.2) is 180 Å². The molecule has 29 nitrogen and oxygen atoms in total. The number of ketones is 6. The average Bonchev–Trinajstić information content (AvgIpc) is 1.72. The summed E-state index contributed by atoms with van der Waals surface area (Å²) in [6.45, 7) is 11.5. The highest BCUT2D eigenvalue weighted by molar-refractivity contribution is 6.17. The van der Waals surface area contributed by atoms with Crippen molar-refractivity contribution in [2.45, 2.75) is 206 Å². The van der Waals surface area contributed by atoms with Crippen molar-refractivity contribution in [3.8, 4) is 0 Å². The summed E-state index contributed by atoms with van der Waals surface area (Å²) in [6.07, 6.45) is 9.09. The van der Waals surface area contributed by atoms with Gasteiger partial charge in [-0.2, -0.15) is 0 Å². The van der Waals surface area contributed by atoms with Gasteiger partial charge in [0.2, 0.25) is 41.4 Å². The van der Waals surface area contributed by atoms with Crippen LogP contribution >= 0.6 is 11.6 Å². The van der Waals surface area contributed by atoms with E-state index < -0.39 is 180 Å². The number of Topliss-reactive ketones (excluding diaryl/α,β-unsaturated/α-hetero) is 6. The van der Waals surface area contributed by atoms with Gasteiger partial charge >= 0.3 is 0 Å². The Hall–Kier alpha value is -10.4. The van der Waals surface area contributed by atoms with E-state index in [4.69, 9.17) is 32.5 Å². The molecule has 115 heavy (non-hydrogen) atoms. The summed E-state index contributed by atoms with van der Waals surface area (Å²) in [7, 11) is 0. The van der Waals surface area contributed by atoms with E-state index in [2.05, 4.69) is 56.5 Å². The molecular weight excluding hydrogens is 1490 g/mol. The quantitative estimate of drug-likeness (QED) is 0.0131. The number of nitrogens with zero attached hydrogens (tertiary/aromatic N) is 2. The number of alkyl halides is 1. The minimum Gasteiger partial charge on any atom is -0.391 e. The molecule has 7 rings (SSSR count). The fraction of sp³-hybridized carbons (Fsp3) is 0.518. The van der Waals surface area contributed by atoms with Crippen molar-refractivity contribution < 1.29 is 76.9 Å². The van der Waals surface area contributed by atoms with E-state index in [0.29, 0.717) is 73.2 Å². The number of aliphatic hydroxyl groups is 1. The van der Waals surface area contributed by atoms with E-state index in [0.717, 1.165) is 47.5 Å². The highest BCUT2D eigenvalue weighted by Crippen LogP contribution is 2.28. The maximum atomic E-state index is 15.1. The van der Waals surface area contributed by atoms with Gasteiger partial charge in [0.15, 0.2) is 28.9 Å². The molecule has 12 atom stereocenters. The number of halogens is 1. The van der Waals surface area contributed by atoms with E-state index in [1.54, 1.807) is 69.6 Å². The molecule has 7 aromatic rings. The van der Waals surface area contributed by atoms with Gasteiger partial charge in [-0.05, 0) is 79.7 Å². The van der Waals surface area contributed by atoms with Crippen LogP contribution in [0.2, 0.25) is 0 Å². The minimum absolute atomic E-state index is 0.0127. The van der Waals surface area contributed by atoms with Crippen molar-refractivity contribution in [1.29, 1.82) is 0 Å². The number of H-pyrrole nitrogens is 4. The number of aromatic nitrogens is 6. The number of nitrogens with one attached hydrogen (secondary N) is 9. The van der Waals surface area contributed by atoms with Crippen LogP contribution in [0.25, 0.3) is 21.8 Å². The second-order valence-corrected chi connectivity index (χ2v) is 30.8. The monoisotopic (exact) mass is 1610 g/mol. The molecule has 3 aromatic carbocycles. The molecule has 0 saturated carbocycles. The lowest BCUT2D eigenvalue weighted by molar-refractivity contribution is -0.137. The molecule has 0 aliphatic heterocycles. The molecule has 2 unspecified atom stereocenters. The Morgan fingerprint density at radius 2 is 1.00 bits per heavy atom. The predicted molar refractivity (Wildman–Crippen MR) is 433 cm³/mol. The van der Waals surface area contributed by atoms with E-state index in [-0.39, 0.29) is 63.6 Å². The van der Waals surface area contributed by atoms with Crippen LogP contribution in [0.15, 0.2) is 116 Å². The third kappa shape index (κ3) is 30.1. The number of aliphatic hydroxyl groups excluding tert-OH is 1. The highest BCUT2D eigenvalue weighted by atomic mass is 35.5. The second-order valence-electron chi connectivity index (χ2n) is 30.5. The van der Waals surface area contributed by atoms with Gasteiger partial charge in [-0.3, -0.25) is 62.3 Å². The number of rotatable bonds is 57. The number of para-hydroxylation sites is 2. The Morgan fingerprint density at radius 3 is 1.57 bits per heavy atom. The molecule has 0 fully saturated rings. The topological polar surface area (TPSA) is 462 Å². The molecule has 30 heteroatoms. The summed E-state index contributed by atoms with van der Waals surface area (Å²) < 4.78 is 11.2. The molecule has 4 heterocycles. The fourth-order valence-corrected chi connectivity index (χ4v) is 14.2. The van der Waals surface area contributed by atoms with Gasteiger partial charge in [-0.15, -0.1) is 11.6 Å². The molecule has 0 aliphatic rings. The standard InChI is InChI=1S/C85H114ClN13O16/c1-7-52(4)66(85(113)97-69(38-60-46-92-68-26-16-14-24-65(60)68)73(103)39-56(81(88)109)37-61-47-89-49-93-61)43-74(104)70(42-62-48-90-50-94-62)95-83(111)57(35-55-20-11-10-12-21-55)40-76(106)80(54(6)100)99-82(110)53(5)34-72(102)71(44-77(87)107)96-84(112)58(36-59-45-91-67-25-15-13-23-64(59)67)41-75(105)79(51(2)3)98-78(108)28-27-63(101)22-19-31-115-33-32-114-30-18-9-8-17-29-86/h10-16,20-21,23-26,45-54,56-58,66,69-71,79-80,91-92,100H,7-9,17-19,22,27-44H2,1-6H3,(H2,87,107)(H2,88,109)(H,89,93)(H,90,94)(H,95,111)(H,96,112)(H,97,113)(H,98,108)(H,99,110)/t52-,53+,54+,56+,57+,58+,66?,69-,70-,71-,79+,80?/m0/s1. The number of imidazole rings is 2. The number of amides is 7. The third-order valence-corrected chi connectivity index (χ3v) is 21.3. The molecule has 0 radical (unpaired) electrons. The number of nitrogens with two attached hydrogens (primary N) is 2. The second kappa shape index (κ2) is 47.5. The molecule has 4 aromatic heterocycles. The zero-order chi connectivity index (χ0) is 83.5. The maximum absolute atomic E-state index is 15.1. The predicted octanol–water partition coefficient (Wildman–Crippen LogP) is 7.34. The molecular formula is C85H114ClN13O16. The van der Waals surface area contributed by atoms with Gasteiger partial charge in [-0.25, -0.2) is 9.97 Å². The minimum atomic E-state index is -1.68. The van der Waals surface area contributed by atoms with Crippen molar-refractivity contribution in [2.24, 2.45) is 52.9 Å². The summed E-state index contributed by atoms with van der Waals surface area (Å²) in [4.78, 5) is 204. The number of unbranched alkanes of at least 4 members (excludes halogenated alkanes) is 3. The summed E-state index contributed by atoms with van der Waals surface area (Å²) in [6, 6.07) is 16.4. The van der Waals surface area contributed by atoms with Crippen LogP contribution in [0.5, 0.6) is 0 Å². The Bertz CT molecular complexity index is 4330. The van der Waals surface area contributed by atoms with Gasteiger partial charge in [0.05, 0.1) is 68.5 Å². The first-order chi connectivity index (χ1) is 55.1. The van der Waals surface area contributed by atoms with Gasteiger partial charge in [0, 0.05) is 171 Å². The summed E-state index contributed by atoms with van der Waals surface area (Å²) in [5, 5.41) is 26.6. The molecule has 14 N–H and O–H groups in total. The number of fused-ring (bicyclic) bond motifs is 2. The number of hydrogen-bond acceptors (Lipinski definition) is 18. The van der Waals surface area contributed by atoms with Crippen molar-refractivity contribution in [2.75, 3.05) is 32.3 Å². The normalized spacial score (nSPS) is 14.7. The number of hydrogen-bond donors (Lipinski definition) is 12. The Kier molecular flexibility index (Phi) is 37.9. The lowest BCUT2D eigenvalue weighted by atomic mass is 9.83. The van der Waals surface area contributed by atoms with Gasteiger partial charge in [-0.1, -0.05) is 121 Å². The number of carbonyl (C=O) groups excluding carboxylic acids is 13. The maximum Gasteiger partial charge on any atom is 0.224 e. The van der Waals surface area contributed by atoms with Gasteiger partial charge in [0.25, 0.3) is 0 Å². The zero-order valence-corrected chi connectivity index (χ0v) is 67.4. The number of primary amides is 2.